The van der Waals surface area contributed by atoms with E-state index in [1.54, 1.807) is 0 Å². The van der Waals surface area contributed by atoms with Gasteiger partial charge in [0.15, 0.2) is 11.2 Å². The molecule has 0 N–H and O–H groups in total. The van der Waals surface area contributed by atoms with E-state index in [-0.39, 0.29) is 0 Å². The number of anilines is 6. The number of benzene rings is 11. The highest BCUT2D eigenvalue weighted by molar-refractivity contribution is 6.23. The lowest BCUT2D eigenvalue weighted by atomic mass is 9.99. The smallest absolute Gasteiger partial charge is 0.163 e. The summed E-state index contributed by atoms with van der Waals surface area (Å²) in [5, 5.41) is 11.1. The summed E-state index contributed by atoms with van der Waals surface area (Å²) in [6, 6.07) is 61.2. The molecule has 14 rings (SSSR count). The van der Waals surface area contributed by atoms with Crippen LogP contribution in [0.4, 0.5) is 34.1 Å². The molecule has 79 heavy (non-hydrogen) atoms. The molecule has 0 aliphatic rings. The maximum Gasteiger partial charge on any atom is 0.163 e. The normalized spacial score (nSPS) is 12.1. The first-order valence-corrected chi connectivity index (χ1v) is 27.7. The lowest BCUT2D eigenvalue weighted by molar-refractivity contribution is 0.652. The number of fused-ring (bicyclic) bond motifs is 11. The summed E-state index contributed by atoms with van der Waals surface area (Å²) in [5.74, 6) is 0. The fraction of sp³-hybridized carbons (Fsp3) is 0.162. The summed E-state index contributed by atoms with van der Waals surface area (Å²) in [4.78, 5) is 4.83. The lowest BCUT2D eigenvalue weighted by Gasteiger charge is -2.28. The van der Waals surface area contributed by atoms with Crippen LogP contribution in [0.25, 0.3) is 92.9 Å². The van der Waals surface area contributed by atoms with Gasteiger partial charge in [-0.15, -0.1) is 0 Å². The molecule has 386 valence electrons. The molecule has 3 heterocycles. The van der Waals surface area contributed by atoms with Crippen LogP contribution in [-0.2, 0) is 0 Å². The summed E-state index contributed by atoms with van der Waals surface area (Å²) in [7, 11) is 0. The molecule has 11 aromatic carbocycles. The van der Waals surface area contributed by atoms with Crippen molar-refractivity contribution < 1.29 is 8.83 Å². The molecule has 0 fully saturated rings. The van der Waals surface area contributed by atoms with Crippen molar-refractivity contribution >= 4 is 121 Å². The highest BCUT2D eigenvalue weighted by Crippen LogP contribution is 2.48. The van der Waals surface area contributed by atoms with Crippen molar-refractivity contribution in [1.29, 1.82) is 0 Å². The van der Waals surface area contributed by atoms with E-state index in [0.29, 0.717) is 0 Å². The molecule has 5 nitrogen and oxygen atoms in total. The average Bonchev–Trinajstić information content (AvgIpc) is 3.78. The maximum absolute atomic E-state index is 7.33. The quantitative estimate of drug-likeness (QED) is 0.159. The Morgan fingerprint density at radius 3 is 0.949 bits per heavy atom. The molecule has 0 saturated carbocycles. The van der Waals surface area contributed by atoms with Crippen molar-refractivity contribution in [2.24, 2.45) is 0 Å². The second-order valence-electron chi connectivity index (χ2n) is 22.8. The highest BCUT2D eigenvalue weighted by atomic mass is 16.3. The summed E-state index contributed by atoms with van der Waals surface area (Å²) in [6.45, 7) is 26.6. The number of hydrogen-bond acceptors (Lipinski definition) is 4. The van der Waals surface area contributed by atoms with Crippen molar-refractivity contribution in [2.45, 2.75) is 83.1 Å². The van der Waals surface area contributed by atoms with Gasteiger partial charge in [0.25, 0.3) is 0 Å². The van der Waals surface area contributed by atoms with Crippen molar-refractivity contribution in [1.82, 2.24) is 4.57 Å². The Balaban J connectivity index is 0.998. The summed E-state index contributed by atoms with van der Waals surface area (Å²) < 4.78 is 17.0. The van der Waals surface area contributed by atoms with Gasteiger partial charge in [-0.05, 0) is 287 Å². The number of nitrogens with zero attached hydrogens (tertiary/aromatic N) is 3. The standard InChI is InChI=1S/C74H63N3O2/c1-40-25-58(26-41(2)48(40)9)75(59-27-42(3)49(10)43(4)28-59)56-23-21-52-35-64-66-39-67-65-36-53-22-24-57(76(60-29-44(5)50(11)45(6)30-60)61-31-46(7)51(12)47(8)32-61)34-55(53)38-71(65)79-74(67)72(73(66)78-70(64)37-54(52)33-56)77-68-19-15-13-17-62(68)63-18-14-16-20-69(63)77/h13-39H,1-12H3. The summed E-state index contributed by atoms with van der Waals surface area (Å²) in [5.41, 5.74) is 28.6. The van der Waals surface area contributed by atoms with Gasteiger partial charge in [0.05, 0.1) is 11.0 Å². The molecule has 3 aromatic heterocycles. The van der Waals surface area contributed by atoms with Crippen molar-refractivity contribution in [3.63, 3.8) is 0 Å². The minimum Gasteiger partial charge on any atom is -0.454 e. The summed E-state index contributed by atoms with van der Waals surface area (Å²) >= 11 is 0. The van der Waals surface area contributed by atoms with Crippen LogP contribution in [0.3, 0.4) is 0 Å². The van der Waals surface area contributed by atoms with E-state index < -0.39 is 0 Å². The highest BCUT2D eigenvalue weighted by Gasteiger charge is 2.26. The molecule has 0 atom stereocenters. The van der Waals surface area contributed by atoms with Crippen LogP contribution in [0.15, 0.2) is 173 Å². The zero-order valence-electron chi connectivity index (χ0n) is 47.2. The number of aromatic nitrogens is 1. The second-order valence-corrected chi connectivity index (χ2v) is 22.8. The molecule has 0 aliphatic heterocycles. The van der Waals surface area contributed by atoms with Gasteiger partial charge >= 0.3 is 0 Å². The van der Waals surface area contributed by atoms with Crippen LogP contribution in [0.1, 0.15) is 66.8 Å². The first-order chi connectivity index (χ1) is 38.1. The predicted octanol–water partition coefficient (Wildman–Crippen LogP) is 21.5. The van der Waals surface area contributed by atoms with Crippen LogP contribution in [0, 0.1) is 83.1 Å². The van der Waals surface area contributed by atoms with Crippen LogP contribution in [0.5, 0.6) is 0 Å². The Hall–Kier alpha value is -9.06. The molecular formula is C74H63N3O2. The Kier molecular flexibility index (Phi) is 10.8. The number of hydrogen-bond donors (Lipinski definition) is 0. The molecule has 0 spiro atoms. The monoisotopic (exact) mass is 1030 g/mol. The number of para-hydroxylation sites is 2. The Bertz CT molecular complexity index is 4430. The van der Waals surface area contributed by atoms with Crippen LogP contribution < -0.4 is 9.80 Å². The first-order valence-electron chi connectivity index (χ1n) is 27.7. The molecule has 14 aromatic rings. The first kappa shape index (κ1) is 48.3. The number of rotatable bonds is 7. The zero-order valence-corrected chi connectivity index (χ0v) is 47.2. The largest absolute Gasteiger partial charge is 0.454 e. The fourth-order valence-corrected chi connectivity index (χ4v) is 12.7. The molecule has 0 aliphatic carbocycles. The molecular weight excluding hydrogens is 963 g/mol. The maximum atomic E-state index is 7.33. The van der Waals surface area contributed by atoms with Gasteiger partial charge in [0.1, 0.15) is 16.9 Å². The second kappa shape index (κ2) is 17.7. The van der Waals surface area contributed by atoms with Crippen molar-refractivity contribution in [3.8, 4) is 5.69 Å². The fourth-order valence-electron chi connectivity index (χ4n) is 12.7. The van der Waals surface area contributed by atoms with Gasteiger partial charge in [-0.25, -0.2) is 0 Å². The third-order valence-corrected chi connectivity index (χ3v) is 18.1. The average molecular weight is 1030 g/mol. The Morgan fingerprint density at radius 1 is 0.278 bits per heavy atom. The zero-order chi connectivity index (χ0) is 54.4. The predicted molar refractivity (Wildman–Crippen MR) is 337 cm³/mol. The van der Waals surface area contributed by atoms with Gasteiger partial charge < -0.3 is 23.2 Å². The van der Waals surface area contributed by atoms with E-state index >= 15 is 0 Å². The third kappa shape index (κ3) is 7.50. The van der Waals surface area contributed by atoms with Gasteiger partial charge in [0.2, 0.25) is 0 Å². The molecule has 0 radical (unpaired) electrons. The van der Waals surface area contributed by atoms with E-state index in [4.69, 9.17) is 8.83 Å². The number of furan rings is 2. The molecule has 0 bridgehead atoms. The van der Waals surface area contributed by atoms with Crippen LogP contribution in [0.2, 0.25) is 0 Å². The Labute approximate surface area is 461 Å². The van der Waals surface area contributed by atoms with E-state index in [9.17, 15) is 0 Å². The van der Waals surface area contributed by atoms with Crippen LogP contribution >= 0.6 is 0 Å². The van der Waals surface area contributed by atoms with Crippen molar-refractivity contribution in [3.05, 3.63) is 231 Å². The van der Waals surface area contributed by atoms with Gasteiger partial charge in [-0.2, -0.15) is 0 Å². The van der Waals surface area contributed by atoms with Gasteiger partial charge in [0, 0.05) is 66.4 Å². The van der Waals surface area contributed by atoms with Crippen molar-refractivity contribution in [2.75, 3.05) is 9.80 Å². The minimum atomic E-state index is 0.788. The third-order valence-electron chi connectivity index (χ3n) is 18.1. The molecule has 0 saturated heterocycles. The topological polar surface area (TPSA) is 37.7 Å². The van der Waals surface area contributed by atoms with E-state index in [0.717, 1.165) is 116 Å². The SMILES string of the molecule is Cc1cc(N(c2cc(C)c(C)c(C)c2)c2ccc3cc4c(cc3c2)oc2c(-n3c5ccccc5c5ccccc53)c3oc5cc6cc(N(c7cc(C)c(C)c(C)c7)c7cc(C)c(C)c(C)c7)ccc6cc5c3cc24)cc(C)c1C. The molecule has 0 amide bonds. The van der Waals surface area contributed by atoms with Gasteiger partial charge in [-0.1, -0.05) is 48.5 Å². The van der Waals surface area contributed by atoms with Crippen LogP contribution in [-0.4, -0.2) is 4.57 Å². The molecule has 5 heteroatoms. The lowest BCUT2D eigenvalue weighted by Crippen LogP contribution is -2.12. The number of aryl methyl sites for hydroxylation is 8. The van der Waals surface area contributed by atoms with E-state index in [1.807, 2.05) is 0 Å². The minimum absolute atomic E-state index is 0.788. The molecule has 0 unspecified atom stereocenters. The Morgan fingerprint density at radius 2 is 0.608 bits per heavy atom. The summed E-state index contributed by atoms with van der Waals surface area (Å²) in [6.07, 6.45) is 0. The van der Waals surface area contributed by atoms with E-state index in [1.165, 1.54) is 77.5 Å². The van der Waals surface area contributed by atoms with Gasteiger partial charge in [-0.3, -0.25) is 0 Å². The van der Waals surface area contributed by atoms with E-state index in [2.05, 4.69) is 261 Å².